The monoisotopic (exact) mass is 230 g/mol. The molecule has 0 radical (unpaired) electrons. The molecule has 1 saturated carbocycles. The number of hydrogen-bond donors (Lipinski definition) is 1. The minimum absolute atomic E-state index is 0.0910. The molecule has 1 rings (SSSR count). The van der Waals surface area contributed by atoms with Crippen LogP contribution < -0.4 is 5.32 Å². The molecule has 0 aromatic heterocycles. The van der Waals surface area contributed by atoms with Crippen molar-refractivity contribution in [3.8, 4) is 0 Å². The number of urea groups is 1. The Bertz CT molecular complexity index is 207. The van der Waals surface area contributed by atoms with E-state index in [4.69, 9.17) is 0 Å². The summed E-state index contributed by atoms with van der Waals surface area (Å²) in [5, 5.41) is 3.05. The van der Waals surface area contributed by atoms with E-state index in [-0.39, 0.29) is 6.03 Å². The minimum atomic E-state index is 0.0910. The van der Waals surface area contributed by atoms with Crippen molar-refractivity contribution in [1.82, 2.24) is 10.2 Å². The first-order chi connectivity index (χ1) is 7.15. The van der Waals surface area contributed by atoms with E-state index in [1.165, 1.54) is 6.42 Å². The number of rotatable bonds is 5. The van der Waals surface area contributed by atoms with Gasteiger partial charge in [0, 0.05) is 19.1 Å². The average Bonchev–Trinajstić information content (AvgIpc) is 2.18. The predicted octanol–water partition coefficient (Wildman–Crippen LogP) is 2.32. The molecule has 1 N–H and O–H groups in total. The normalized spacial score (nSPS) is 18.1. The molecule has 0 spiro atoms. The first-order valence-corrected chi connectivity index (χ1v) is 7.06. The summed E-state index contributed by atoms with van der Waals surface area (Å²) in [7, 11) is 1.89. The highest BCUT2D eigenvalue weighted by Crippen LogP contribution is 2.18. The number of carbonyl (C=O) groups excluding carboxylic acids is 1. The molecule has 2 amide bonds. The second-order valence-corrected chi connectivity index (χ2v) is 5.30. The predicted molar refractivity (Wildman–Crippen MR) is 66.4 cm³/mol. The average molecular weight is 230 g/mol. The SMILES string of the molecule is CSCCC(C)N(C)C(=O)NC1CCC1. The van der Waals surface area contributed by atoms with Gasteiger partial charge in [0.2, 0.25) is 0 Å². The van der Waals surface area contributed by atoms with Crippen molar-refractivity contribution in [3.05, 3.63) is 0 Å². The van der Waals surface area contributed by atoms with Gasteiger partial charge in [0.1, 0.15) is 0 Å². The van der Waals surface area contributed by atoms with Crippen LogP contribution in [0.15, 0.2) is 0 Å². The molecule has 15 heavy (non-hydrogen) atoms. The van der Waals surface area contributed by atoms with Gasteiger partial charge in [0.05, 0.1) is 0 Å². The lowest BCUT2D eigenvalue weighted by Gasteiger charge is -2.31. The van der Waals surface area contributed by atoms with Gasteiger partial charge < -0.3 is 10.2 Å². The third kappa shape index (κ3) is 3.93. The Labute approximate surface area is 97.0 Å². The smallest absolute Gasteiger partial charge is 0.317 e. The molecule has 1 fully saturated rings. The Morgan fingerprint density at radius 3 is 2.73 bits per heavy atom. The zero-order valence-electron chi connectivity index (χ0n) is 9.95. The number of hydrogen-bond acceptors (Lipinski definition) is 2. The van der Waals surface area contributed by atoms with E-state index in [1.807, 2.05) is 23.7 Å². The van der Waals surface area contributed by atoms with E-state index < -0.39 is 0 Å². The molecule has 0 saturated heterocycles. The summed E-state index contributed by atoms with van der Waals surface area (Å²) in [4.78, 5) is 13.6. The van der Waals surface area contributed by atoms with Crippen LogP contribution in [0.4, 0.5) is 4.79 Å². The summed E-state index contributed by atoms with van der Waals surface area (Å²) in [6, 6.07) is 0.860. The van der Waals surface area contributed by atoms with Gasteiger partial charge in [-0.25, -0.2) is 4.79 Å². The van der Waals surface area contributed by atoms with Crippen LogP contribution in [0.25, 0.3) is 0 Å². The fourth-order valence-corrected chi connectivity index (χ4v) is 2.09. The fraction of sp³-hybridized carbons (Fsp3) is 0.909. The van der Waals surface area contributed by atoms with Crippen LogP contribution in [-0.2, 0) is 0 Å². The Morgan fingerprint density at radius 1 is 1.60 bits per heavy atom. The Morgan fingerprint density at radius 2 is 2.27 bits per heavy atom. The number of amides is 2. The Hall–Kier alpha value is -0.380. The molecule has 4 heteroatoms. The van der Waals surface area contributed by atoms with Gasteiger partial charge in [0.25, 0.3) is 0 Å². The highest BCUT2D eigenvalue weighted by atomic mass is 32.2. The van der Waals surface area contributed by atoms with E-state index in [0.29, 0.717) is 12.1 Å². The summed E-state index contributed by atoms with van der Waals surface area (Å²) in [5.41, 5.74) is 0. The van der Waals surface area contributed by atoms with Crippen LogP contribution in [0, 0.1) is 0 Å². The first-order valence-electron chi connectivity index (χ1n) is 5.67. The van der Waals surface area contributed by atoms with Crippen molar-refractivity contribution in [3.63, 3.8) is 0 Å². The van der Waals surface area contributed by atoms with Gasteiger partial charge in [-0.05, 0) is 44.6 Å². The zero-order valence-corrected chi connectivity index (χ0v) is 10.8. The van der Waals surface area contributed by atoms with Gasteiger partial charge in [-0.15, -0.1) is 0 Å². The highest BCUT2D eigenvalue weighted by Gasteiger charge is 2.22. The van der Waals surface area contributed by atoms with Gasteiger partial charge in [-0.3, -0.25) is 0 Å². The zero-order chi connectivity index (χ0) is 11.3. The molecule has 0 bridgehead atoms. The maximum atomic E-state index is 11.8. The van der Waals surface area contributed by atoms with Crippen molar-refractivity contribution in [2.24, 2.45) is 0 Å². The summed E-state index contributed by atoms with van der Waals surface area (Å²) in [6.07, 6.45) is 6.73. The van der Waals surface area contributed by atoms with Crippen molar-refractivity contribution < 1.29 is 4.79 Å². The molecule has 3 nitrogen and oxygen atoms in total. The quantitative estimate of drug-likeness (QED) is 0.786. The maximum Gasteiger partial charge on any atom is 0.317 e. The molecule has 0 aliphatic heterocycles. The number of thioether (sulfide) groups is 1. The number of carbonyl (C=O) groups is 1. The number of nitrogens with one attached hydrogen (secondary N) is 1. The molecular weight excluding hydrogens is 208 g/mol. The van der Waals surface area contributed by atoms with E-state index in [1.54, 1.807) is 0 Å². The lowest BCUT2D eigenvalue weighted by Crippen LogP contribution is -2.48. The molecule has 0 aromatic carbocycles. The summed E-state index contributed by atoms with van der Waals surface area (Å²) in [5.74, 6) is 1.11. The van der Waals surface area contributed by atoms with E-state index in [2.05, 4.69) is 18.5 Å². The van der Waals surface area contributed by atoms with Gasteiger partial charge >= 0.3 is 6.03 Å². The molecule has 0 aromatic rings. The van der Waals surface area contributed by atoms with E-state index >= 15 is 0 Å². The van der Waals surface area contributed by atoms with Gasteiger partial charge in [-0.2, -0.15) is 11.8 Å². The fourth-order valence-electron chi connectivity index (χ4n) is 1.51. The molecular formula is C11H22N2OS. The van der Waals surface area contributed by atoms with Gasteiger partial charge in [-0.1, -0.05) is 0 Å². The minimum Gasteiger partial charge on any atom is -0.335 e. The molecule has 1 unspecified atom stereocenters. The van der Waals surface area contributed by atoms with Crippen molar-refractivity contribution in [2.75, 3.05) is 19.1 Å². The van der Waals surface area contributed by atoms with Gasteiger partial charge in [0.15, 0.2) is 0 Å². The molecule has 1 aliphatic carbocycles. The standard InChI is InChI=1S/C11H22N2OS/c1-9(7-8-15-3)13(2)11(14)12-10-5-4-6-10/h9-10H,4-8H2,1-3H3,(H,12,14). The first kappa shape index (κ1) is 12.7. The lowest BCUT2D eigenvalue weighted by atomic mass is 9.93. The van der Waals surface area contributed by atoms with Crippen LogP contribution in [0.3, 0.4) is 0 Å². The molecule has 1 atom stereocenters. The van der Waals surface area contributed by atoms with E-state index in [0.717, 1.165) is 25.0 Å². The maximum absolute atomic E-state index is 11.8. The van der Waals surface area contributed by atoms with Crippen molar-refractivity contribution >= 4 is 17.8 Å². The molecule has 88 valence electrons. The van der Waals surface area contributed by atoms with E-state index in [9.17, 15) is 4.79 Å². The Balaban J connectivity index is 2.23. The Kier molecular flexibility index (Phi) is 5.29. The third-order valence-electron chi connectivity index (χ3n) is 3.15. The highest BCUT2D eigenvalue weighted by molar-refractivity contribution is 7.98. The van der Waals surface area contributed by atoms with Crippen LogP contribution in [0.2, 0.25) is 0 Å². The summed E-state index contributed by atoms with van der Waals surface area (Å²) >= 11 is 1.83. The van der Waals surface area contributed by atoms with Crippen LogP contribution in [0.1, 0.15) is 32.6 Å². The lowest BCUT2D eigenvalue weighted by molar-refractivity contribution is 0.182. The molecule has 1 aliphatic rings. The number of nitrogens with zero attached hydrogens (tertiary/aromatic N) is 1. The van der Waals surface area contributed by atoms with Crippen molar-refractivity contribution in [1.29, 1.82) is 0 Å². The van der Waals surface area contributed by atoms with Crippen molar-refractivity contribution in [2.45, 2.75) is 44.7 Å². The third-order valence-corrected chi connectivity index (χ3v) is 3.80. The second-order valence-electron chi connectivity index (χ2n) is 4.32. The molecule has 0 heterocycles. The van der Waals surface area contributed by atoms with Crippen LogP contribution in [0.5, 0.6) is 0 Å². The topological polar surface area (TPSA) is 32.3 Å². The van der Waals surface area contributed by atoms with Crippen LogP contribution >= 0.6 is 11.8 Å². The summed E-state index contributed by atoms with van der Waals surface area (Å²) in [6.45, 7) is 2.11. The summed E-state index contributed by atoms with van der Waals surface area (Å²) < 4.78 is 0. The van der Waals surface area contributed by atoms with Crippen LogP contribution in [-0.4, -0.2) is 42.1 Å². The second kappa shape index (κ2) is 6.26. The largest absolute Gasteiger partial charge is 0.335 e.